The summed E-state index contributed by atoms with van der Waals surface area (Å²) < 4.78 is 1.62. The lowest BCUT2D eigenvalue weighted by molar-refractivity contribution is 0.101. The highest BCUT2D eigenvalue weighted by atomic mass is 16.1. The highest BCUT2D eigenvalue weighted by Gasteiger charge is 2.11. The Morgan fingerprint density at radius 2 is 2.12 bits per heavy atom. The fourth-order valence-electron chi connectivity index (χ4n) is 2.48. The molecule has 0 spiro atoms. The number of benzene rings is 1. The lowest BCUT2D eigenvalue weighted by Crippen LogP contribution is -2.05. The molecule has 0 saturated carbocycles. The second-order valence-electron chi connectivity index (χ2n) is 5.39. The number of Topliss-reactive ketones (excluding diaryl/α,β-unsaturated/α-hetero) is 1. The molecule has 2 heterocycles. The van der Waals surface area contributed by atoms with Crippen molar-refractivity contribution in [1.82, 2.24) is 19.8 Å². The average Bonchev–Trinajstić information content (AvgIpc) is 2.98. The standard InChI is InChI=1S/C18H17N5O/c1-4-5-14-10-13(6-7-16(14)19-3)11-18-21-20-17-9-8-15(12(2)24)22-23(17)18/h4-10H,3,11H2,1-2H3/b5-4-. The second-order valence-corrected chi connectivity index (χ2v) is 5.39. The molecule has 0 atom stereocenters. The van der Waals surface area contributed by atoms with Gasteiger partial charge in [-0.2, -0.15) is 9.61 Å². The molecule has 0 unspecified atom stereocenters. The first kappa shape index (κ1) is 15.7. The Morgan fingerprint density at radius 3 is 2.83 bits per heavy atom. The second kappa shape index (κ2) is 6.54. The van der Waals surface area contributed by atoms with E-state index in [1.54, 1.807) is 16.6 Å². The number of carbonyl (C=O) groups excluding carboxylic acids is 1. The van der Waals surface area contributed by atoms with E-state index in [0.717, 1.165) is 16.8 Å². The molecule has 0 fully saturated rings. The van der Waals surface area contributed by atoms with Gasteiger partial charge in [-0.05, 0) is 43.5 Å². The van der Waals surface area contributed by atoms with Gasteiger partial charge in [-0.15, -0.1) is 10.2 Å². The van der Waals surface area contributed by atoms with Gasteiger partial charge in [0, 0.05) is 18.9 Å². The molecule has 0 saturated heterocycles. The average molecular weight is 319 g/mol. The van der Waals surface area contributed by atoms with E-state index >= 15 is 0 Å². The van der Waals surface area contributed by atoms with Crippen LogP contribution in [-0.2, 0) is 6.42 Å². The molecule has 3 aromatic rings. The molecule has 1 aromatic carbocycles. The molecule has 0 amide bonds. The smallest absolute Gasteiger partial charge is 0.179 e. The third kappa shape index (κ3) is 2.99. The first-order chi connectivity index (χ1) is 11.6. The Kier molecular flexibility index (Phi) is 4.29. The SMILES string of the molecule is C=Nc1ccc(Cc2nnc3ccc(C(C)=O)nn23)cc1/C=C\C. The third-order valence-electron chi connectivity index (χ3n) is 3.66. The molecule has 0 bridgehead atoms. The summed E-state index contributed by atoms with van der Waals surface area (Å²) in [6.07, 6.45) is 4.50. The van der Waals surface area contributed by atoms with Crippen molar-refractivity contribution in [2.45, 2.75) is 20.3 Å². The van der Waals surface area contributed by atoms with Crippen molar-refractivity contribution in [3.8, 4) is 0 Å². The van der Waals surface area contributed by atoms with E-state index in [2.05, 4.69) is 27.0 Å². The molecule has 24 heavy (non-hydrogen) atoms. The van der Waals surface area contributed by atoms with Gasteiger partial charge in [0.1, 0.15) is 5.69 Å². The molecule has 120 valence electrons. The van der Waals surface area contributed by atoms with Gasteiger partial charge >= 0.3 is 0 Å². The summed E-state index contributed by atoms with van der Waals surface area (Å²) in [4.78, 5) is 15.6. The van der Waals surface area contributed by atoms with Crippen molar-refractivity contribution in [1.29, 1.82) is 0 Å². The van der Waals surface area contributed by atoms with E-state index in [-0.39, 0.29) is 5.78 Å². The highest BCUT2D eigenvalue weighted by molar-refractivity contribution is 5.92. The molecule has 0 aliphatic carbocycles. The van der Waals surface area contributed by atoms with Crippen LogP contribution in [0, 0.1) is 0 Å². The first-order valence-electron chi connectivity index (χ1n) is 7.57. The number of fused-ring (bicyclic) bond motifs is 1. The molecule has 2 aromatic heterocycles. The summed E-state index contributed by atoms with van der Waals surface area (Å²) in [5, 5.41) is 12.6. The summed E-state index contributed by atoms with van der Waals surface area (Å²) >= 11 is 0. The van der Waals surface area contributed by atoms with Gasteiger partial charge in [-0.1, -0.05) is 18.2 Å². The number of carbonyl (C=O) groups is 1. The highest BCUT2D eigenvalue weighted by Crippen LogP contribution is 2.23. The zero-order valence-electron chi connectivity index (χ0n) is 13.6. The van der Waals surface area contributed by atoms with Crippen LogP contribution in [0.25, 0.3) is 11.7 Å². The molecular weight excluding hydrogens is 302 g/mol. The largest absolute Gasteiger partial charge is 0.293 e. The van der Waals surface area contributed by atoms with Crippen LogP contribution >= 0.6 is 0 Å². The number of rotatable bonds is 5. The number of hydrogen-bond donors (Lipinski definition) is 0. The van der Waals surface area contributed by atoms with E-state index < -0.39 is 0 Å². The minimum Gasteiger partial charge on any atom is -0.293 e. The van der Waals surface area contributed by atoms with Crippen molar-refractivity contribution >= 4 is 29.9 Å². The van der Waals surface area contributed by atoms with E-state index in [1.807, 2.05) is 37.3 Å². The Labute approximate surface area is 139 Å². The maximum absolute atomic E-state index is 11.5. The first-order valence-corrected chi connectivity index (χ1v) is 7.57. The molecule has 3 rings (SSSR count). The zero-order valence-corrected chi connectivity index (χ0v) is 13.6. The fraction of sp³-hybridized carbons (Fsp3) is 0.167. The molecule has 0 N–H and O–H groups in total. The van der Waals surface area contributed by atoms with Crippen LogP contribution in [0.4, 0.5) is 5.69 Å². The summed E-state index contributed by atoms with van der Waals surface area (Å²) in [5.41, 5.74) is 3.90. The van der Waals surface area contributed by atoms with Crippen molar-refractivity contribution in [3.05, 3.63) is 59.1 Å². The van der Waals surface area contributed by atoms with Crippen LogP contribution in [0.15, 0.2) is 41.4 Å². The van der Waals surface area contributed by atoms with Gasteiger partial charge < -0.3 is 0 Å². The van der Waals surface area contributed by atoms with Crippen molar-refractivity contribution in [3.63, 3.8) is 0 Å². The maximum Gasteiger partial charge on any atom is 0.179 e. The van der Waals surface area contributed by atoms with E-state index in [9.17, 15) is 4.79 Å². The number of allylic oxidation sites excluding steroid dienone is 1. The third-order valence-corrected chi connectivity index (χ3v) is 3.66. The fourth-order valence-corrected chi connectivity index (χ4v) is 2.48. The Bertz CT molecular complexity index is 955. The van der Waals surface area contributed by atoms with Crippen LogP contribution in [0.3, 0.4) is 0 Å². The normalized spacial score (nSPS) is 11.2. The maximum atomic E-state index is 11.5. The number of ketones is 1. The van der Waals surface area contributed by atoms with E-state index in [1.165, 1.54) is 6.92 Å². The topological polar surface area (TPSA) is 72.5 Å². The van der Waals surface area contributed by atoms with Crippen LogP contribution in [-0.4, -0.2) is 32.3 Å². The van der Waals surface area contributed by atoms with Gasteiger partial charge in [0.2, 0.25) is 0 Å². The quantitative estimate of drug-likeness (QED) is 0.534. The number of aliphatic imine (C=N–C) groups is 1. The van der Waals surface area contributed by atoms with E-state index in [0.29, 0.717) is 23.6 Å². The number of hydrogen-bond acceptors (Lipinski definition) is 5. The summed E-state index contributed by atoms with van der Waals surface area (Å²) in [5.74, 6) is 0.590. The predicted octanol–water partition coefficient (Wildman–Crippen LogP) is 3.28. The zero-order chi connectivity index (χ0) is 17.1. The van der Waals surface area contributed by atoms with Crippen molar-refractivity contribution in [2.24, 2.45) is 4.99 Å². The minimum absolute atomic E-state index is 0.0895. The summed E-state index contributed by atoms with van der Waals surface area (Å²) in [6.45, 7) is 7.04. The van der Waals surface area contributed by atoms with Gasteiger partial charge in [0.25, 0.3) is 0 Å². The van der Waals surface area contributed by atoms with Crippen molar-refractivity contribution in [2.75, 3.05) is 0 Å². The van der Waals surface area contributed by atoms with Gasteiger partial charge in [-0.25, -0.2) is 0 Å². The van der Waals surface area contributed by atoms with Crippen LogP contribution in [0.1, 0.15) is 41.3 Å². The van der Waals surface area contributed by atoms with Gasteiger partial charge in [-0.3, -0.25) is 9.79 Å². The van der Waals surface area contributed by atoms with Crippen molar-refractivity contribution < 1.29 is 4.79 Å². The minimum atomic E-state index is -0.0895. The predicted molar refractivity (Wildman–Crippen MR) is 94.0 cm³/mol. The number of aromatic nitrogens is 4. The van der Waals surface area contributed by atoms with E-state index in [4.69, 9.17) is 0 Å². The van der Waals surface area contributed by atoms with Crippen LogP contribution in [0.2, 0.25) is 0 Å². The van der Waals surface area contributed by atoms with Crippen LogP contribution in [0.5, 0.6) is 0 Å². The molecule has 0 aliphatic rings. The number of nitrogens with zero attached hydrogens (tertiary/aromatic N) is 5. The molecule has 0 aliphatic heterocycles. The Hall–Kier alpha value is -3.15. The summed E-state index contributed by atoms with van der Waals surface area (Å²) in [6, 6.07) is 9.35. The monoisotopic (exact) mass is 319 g/mol. The lowest BCUT2D eigenvalue weighted by atomic mass is 10.1. The lowest BCUT2D eigenvalue weighted by Gasteiger charge is -2.05. The summed E-state index contributed by atoms with van der Waals surface area (Å²) in [7, 11) is 0. The van der Waals surface area contributed by atoms with Gasteiger partial charge in [0.05, 0.1) is 5.69 Å². The molecule has 6 heteroatoms. The Morgan fingerprint density at radius 1 is 1.29 bits per heavy atom. The van der Waals surface area contributed by atoms with Crippen LogP contribution < -0.4 is 0 Å². The van der Waals surface area contributed by atoms with Gasteiger partial charge in [0.15, 0.2) is 17.3 Å². The molecular formula is C18H17N5O. The Balaban J connectivity index is 2.00. The molecule has 6 nitrogen and oxygen atoms in total. The molecule has 0 radical (unpaired) electrons.